The van der Waals surface area contributed by atoms with Crippen molar-refractivity contribution < 1.29 is 19.1 Å². The van der Waals surface area contributed by atoms with Crippen LogP contribution in [0.1, 0.15) is 10.4 Å². The Kier molecular flexibility index (Phi) is 3.85. The number of morpholine rings is 1. The highest BCUT2D eigenvalue weighted by Crippen LogP contribution is 2.20. The molecular formula is C14H14N2O4S. The number of amides is 1. The molecule has 1 aliphatic rings. The standard InChI is InChI=1S/C14H14N2O4S/c1-19-14(18)11-7-16(4-5-20-11)13(17)9-2-3-10-12(6-9)21-8-15-10/h2-3,6,8,11H,4-5,7H2,1H3. The predicted molar refractivity (Wildman–Crippen MR) is 77.3 cm³/mol. The second-order valence-corrected chi connectivity index (χ2v) is 5.55. The molecule has 1 unspecified atom stereocenters. The quantitative estimate of drug-likeness (QED) is 0.783. The fraction of sp³-hybridized carbons (Fsp3) is 0.357. The lowest BCUT2D eigenvalue weighted by atomic mass is 10.1. The van der Waals surface area contributed by atoms with Crippen LogP contribution in [0.25, 0.3) is 10.2 Å². The molecule has 1 saturated heterocycles. The summed E-state index contributed by atoms with van der Waals surface area (Å²) in [5, 5.41) is 0. The largest absolute Gasteiger partial charge is 0.467 e. The zero-order valence-electron chi connectivity index (χ0n) is 11.4. The fourth-order valence-electron chi connectivity index (χ4n) is 2.28. The molecule has 0 N–H and O–H groups in total. The Morgan fingerprint density at radius 1 is 1.48 bits per heavy atom. The van der Waals surface area contributed by atoms with E-state index in [2.05, 4.69) is 9.72 Å². The van der Waals surface area contributed by atoms with Crippen molar-refractivity contribution in [2.75, 3.05) is 26.8 Å². The maximum Gasteiger partial charge on any atom is 0.336 e. The molecule has 0 aliphatic carbocycles. The number of rotatable bonds is 2. The Balaban J connectivity index is 1.78. The van der Waals surface area contributed by atoms with E-state index in [9.17, 15) is 9.59 Å². The molecule has 1 fully saturated rings. The Labute approximate surface area is 125 Å². The van der Waals surface area contributed by atoms with Gasteiger partial charge in [0.2, 0.25) is 0 Å². The third-order valence-electron chi connectivity index (χ3n) is 3.40. The van der Waals surface area contributed by atoms with E-state index in [1.165, 1.54) is 18.4 Å². The van der Waals surface area contributed by atoms with E-state index in [1.807, 2.05) is 12.1 Å². The summed E-state index contributed by atoms with van der Waals surface area (Å²) in [4.78, 5) is 29.9. The number of hydrogen-bond acceptors (Lipinski definition) is 6. The predicted octanol–water partition coefficient (Wildman–Crippen LogP) is 1.31. The first-order chi connectivity index (χ1) is 10.2. The molecule has 110 valence electrons. The van der Waals surface area contributed by atoms with E-state index in [4.69, 9.17) is 4.74 Å². The van der Waals surface area contributed by atoms with Crippen LogP contribution >= 0.6 is 11.3 Å². The second kappa shape index (κ2) is 5.79. The fourth-order valence-corrected chi connectivity index (χ4v) is 2.99. The molecule has 1 aromatic heterocycles. The normalized spacial score (nSPS) is 18.7. The molecule has 6 nitrogen and oxygen atoms in total. The number of benzene rings is 1. The summed E-state index contributed by atoms with van der Waals surface area (Å²) in [6.07, 6.45) is -0.708. The minimum Gasteiger partial charge on any atom is -0.467 e. The first-order valence-corrected chi connectivity index (χ1v) is 7.39. The zero-order chi connectivity index (χ0) is 14.8. The Hall–Kier alpha value is -1.99. The summed E-state index contributed by atoms with van der Waals surface area (Å²) < 4.78 is 11.0. The van der Waals surface area contributed by atoms with Crippen LogP contribution < -0.4 is 0 Å². The Morgan fingerprint density at radius 2 is 2.33 bits per heavy atom. The lowest BCUT2D eigenvalue weighted by Crippen LogP contribution is -2.48. The second-order valence-electron chi connectivity index (χ2n) is 4.67. The monoisotopic (exact) mass is 306 g/mol. The van der Waals surface area contributed by atoms with Crippen LogP contribution in [0, 0.1) is 0 Å². The van der Waals surface area contributed by atoms with Crippen molar-refractivity contribution in [2.24, 2.45) is 0 Å². The summed E-state index contributed by atoms with van der Waals surface area (Å²) in [5.74, 6) is -0.562. The highest BCUT2D eigenvalue weighted by Gasteiger charge is 2.30. The first kappa shape index (κ1) is 14.0. The van der Waals surface area contributed by atoms with Crippen molar-refractivity contribution in [1.29, 1.82) is 0 Å². The van der Waals surface area contributed by atoms with Gasteiger partial charge < -0.3 is 14.4 Å². The number of esters is 1. The van der Waals surface area contributed by atoms with Crippen LogP contribution in [-0.4, -0.2) is 54.7 Å². The number of aromatic nitrogens is 1. The van der Waals surface area contributed by atoms with E-state index in [0.29, 0.717) is 18.7 Å². The lowest BCUT2D eigenvalue weighted by Gasteiger charge is -2.31. The van der Waals surface area contributed by atoms with Gasteiger partial charge in [0.1, 0.15) is 0 Å². The van der Waals surface area contributed by atoms with Crippen molar-refractivity contribution in [3.8, 4) is 0 Å². The average Bonchev–Trinajstić information content (AvgIpc) is 3.01. The van der Waals surface area contributed by atoms with Crippen LogP contribution in [0.5, 0.6) is 0 Å². The van der Waals surface area contributed by atoms with Crippen LogP contribution in [0.15, 0.2) is 23.7 Å². The van der Waals surface area contributed by atoms with Gasteiger partial charge in [0.15, 0.2) is 6.10 Å². The molecule has 2 aromatic rings. The molecule has 1 amide bonds. The maximum atomic E-state index is 12.5. The minimum absolute atomic E-state index is 0.109. The van der Waals surface area contributed by atoms with Crippen LogP contribution in [0.2, 0.25) is 0 Å². The van der Waals surface area contributed by atoms with Gasteiger partial charge >= 0.3 is 5.97 Å². The number of fused-ring (bicyclic) bond motifs is 1. The maximum absolute atomic E-state index is 12.5. The Bertz CT molecular complexity index is 684. The van der Waals surface area contributed by atoms with Crippen molar-refractivity contribution in [3.63, 3.8) is 0 Å². The van der Waals surface area contributed by atoms with Crippen LogP contribution in [-0.2, 0) is 14.3 Å². The Morgan fingerprint density at radius 3 is 3.14 bits per heavy atom. The number of thiazole rings is 1. The molecule has 21 heavy (non-hydrogen) atoms. The molecule has 0 saturated carbocycles. The molecule has 0 bridgehead atoms. The summed E-state index contributed by atoms with van der Waals surface area (Å²) in [6, 6.07) is 5.42. The molecule has 0 radical (unpaired) electrons. The molecule has 2 heterocycles. The van der Waals surface area contributed by atoms with Gasteiger partial charge in [-0.15, -0.1) is 11.3 Å². The van der Waals surface area contributed by atoms with Crippen molar-refractivity contribution in [2.45, 2.75) is 6.10 Å². The number of nitrogens with zero attached hydrogens (tertiary/aromatic N) is 2. The average molecular weight is 306 g/mol. The smallest absolute Gasteiger partial charge is 0.336 e. The van der Waals surface area contributed by atoms with Crippen LogP contribution in [0.4, 0.5) is 0 Å². The molecule has 0 spiro atoms. The SMILES string of the molecule is COC(=O)C1CN(C(=O)c2ccc3ncsc3c2)CCO1. The van der Waals surface area contributed by atoms with Gasteiger partial charge in [-0.2, -0.15) is 0 Å². The summed E-state index contributed by atoms with van der Waals surface area (Å²) in [5.41, 5.74) is 3.23. The van der Waals surface area contributed by atoms with Gasteiger partial charge in [0.25, 0.3) is 5.91 Å². The molecule has 1 aliphatic heterocycles. The third-order valence-corrected chi connectivity index (χ3v) is 4.19. The highest BCUT2D eigenvalue weighted by molar-refractivity contribution is 7.16. The van der Waals surface area contributed by atoms with Crippen molar-refractivity contribution >= 4 is 33.4 Å². The molecule has 7 heteroatoms. The van der Waals surface area contributed by atoms with E-state index in [-0.39, 0.29) is 12.5 Å². The summed E-state index contributed by atoms with van der Waals surface area (Å²) >= 11 is 1.49. The number of ether oxygens (including phenoxy) is 2. The van der Waals surface area contributed by atoms with Crippen molar-refractivity contribution in [3.05, 3.63) is 29.3 Å². The van der Waals surface area contributed by atoms with E-state index < -0.39 is 12.1 Å². The van der Waals surface area contributed by atoms with Gasteiger partial charge in [-0.3, -0.25) is 4.79 Å². The van der Waals surface area contributed by atoms with Gasteiger partial charge in [0.05, 0.1) is 36.0 Å². The molecule has 1 atom stereocenters. The number of methoxy groups -OCH3 is 1. The minimum atomic E-state index is -0.708. The lowest BCUT2D eigenvalue weighted by molar-refractivity contribution is -0.158. The highest BCUT2D eigenvalue weighted by atomic mass is 32.1. The topological polar surface area (TPSA) is 68.7 Å². The van der Waals surface area contributed by atoms with Gasteiger partial charge in [0, 0.05) is 12.1 Å². The molecular weight excluding hydrogens is 292 g/mol. The van der Waals surface area contributed by atoms with Gasteiger partial charge in [-0.25, -0.2) is 9.78 Å². The van der Waals surface area contributed by atoms with Gasteiger partial charge in [-0.05, 0) is 18.2 Å². The van der Waals surface area contributed by atoms with Crippen LogP contribution in [0.3, 0.4) is 0 Å². The van der Waals surface area contributed by atoms with Gasteiger partial charge in [-0.1, -0.05) is 0 Å². The molecule has 3 rings (SSSR count). The summed E-state index contributed by atoms with van der Waals surface area (Å²) in [7, 11) is 1.31. The van der Waals surface area contributed by atoms with E-state index >= 15 is 0 Å². The van der Waals surface area contributed by atoms with E-state index in [0.717, 1.165) is 10.2 Å². The summed E-state index contributed by atoms with van der Waals surface area (Å²) in [6.45, 7) is 1.01. The zero-order valence-corrected chi connectivity index (χ0v) is 12.3. The van der Waals surface area contributed by atoms with E-state index in [1.54, 1.807) is 16.5 Å². The number of carbonyl (C=O) groups excluding carboxylic acids is 2. The third kappa shape index (κ3) is 2.74. The molecule has 1 aromatic carbocycles. The number of hydrogen-bond donors (Lipinski definition) is 0. The number of carbonyl (C=O) groups is 2. The van der Waals surface area contributed by atoms with Crippen molar-refractivity contribution in [1.82, 2.24) is 9.88 Å². The first-order valence-electron chi connectivity index (χ1n) is 6.51.